The quantitative estimate of drug-likeness (QED) is 0.475. The van der Waals surface area contributed by atoms with E-state index in [1.54, 1.807) is 24.3 Å². The van der Waals surface area contributed by atoms with Crippen LogP contribution in [0.1, 0.15) is 27.7 Å². The summed E-state index contributed by atoms with van der Waals surface area (Å²) in [5.41, 5.74) is -0.0712. The molecule has 2 aromatic rings. The number of nitrogens with two attached hydrogens (primary N) is 1. The first kappa shape index (κ1) is 25.3. The first-order valence-electron chi connectivity index (χ1n) is 8.71. The molecule has 1 aliphatic heterocycles. The van der Waals surface area contributed by atoms with Crippen LogP contribution in [0.3, 0.4) is 0 Å². The highest BCUT2D eigenvalue weighted by molar-refractivity contribution is 9.10. The zero-order chi connectivity index (χ0) is 23.0. The van der Waals surface area contributed by atoms with Crippen LogP contribution < -0.4 is 10.6 Å². The van der Waals surface area contributed by atoms with E-state index in [-0.39, 0.29) is 9.79 Å². The molecule has 164 valence electrons. The zero-order valence-corrected chi connectivity index (χ0v) is 20.8. The van der Waals surface area contributed by atoms with Gasteiger partial charge in [-0.2, -0.15) is 0 Å². The van der Waals surface area contributed by atoms with Gasteiger partial charge in [0.2, 0.25) is 10.0 Å². The van der Waals surface area contributed by atoms with Gasteiger partial charge in [0.05, 0.1) is 21.0 Å². The van der Waals surface area contributed by atoms with Gasteiger partial charge in [0.1, 0.15) is 0 Å². The Hall–Kier alpha value is -0.945. The first-order chi connectivity index (χ1) is 13.5. The van der Waals surface area contributed by atoms with Crippen molar-refractivity contribution in [1.82, 2.24) is 0 Å². The lowest BCUT2D eigenvalue weighted by atomic mass is 9.79. The summed E-state index contributed by atoms with van der Waals surface area (Å²) in [5, 5.41) is 5.06. The topological polar surface area (TPSA) is 113 Å². The summed E-state index contributed by atoms with van der Waals surface area (Å²) >= 11 is 3.17. The van der Waals surface area contributed by atoms with Crippen molar-refractivity contribution in [2.24, 2.45) is 5.14 Å². The maximum atomic E-state index is 11.2. The highest BCUT2D eigenvalue weighted by atomic mass is 79.9. The SMILES string of the molecule is CC1(C)OB(c2ccc(S(N)(=O)=O)cc2)OC1(C)C.O=S(=O)(Cl)c1ccc(Br)cc1. The van der Waals surface area contributed by atoms with Crippen molar-refractivity contribution in [2.45, 2.75) is 48.7 Å². The molecule has 1 saturated heterocycles. The first-order valence-corrected chi connectivity index (χ1v) is 13.4. The third-order valence-electron chi connectivity index (χ3n) is 4.83. The Morgan fingerprint density at radius 1 is 0.833 bits per heavy atom. The van der Waals surface area contributed by atoms with Gasteiger partial charge in [0.15, 0.2) is 0 Å². The van der Waals surface area contributed by atoms with Gasteiger partial charge in [0, 0.05) is 15.2 Å². The summed E-state index contributed by atoms with van der Waals surface area (Å²) in [6.45, 7) is 7.86. The summed E-state index contributed by atoms with van der Waals surface area (Å²) < 4.78 is 56.3. The van der Waals surface area contributed by atoms with E-state index in [1.807, 2.05) is 27.7 Å². The fraction of sp³-hybridized carbons (Fsp3) is 0.333. The molecule has 0 bridgehead atoms. The van der Waals surface area contributed by atoms with Gasteiger partial charge in [-0.1, -0.05) is 28.1 Å². The average Bonchev–Trinajstić information content (AvgIpc) is 2.82. The predicted octanol–water partition coefficient (Wildman–Crippen LogP) is 3.01. The normalized spacial score (nSPS) is 17.9. The van der Waals surface area contributed by atoms with Crippen molar-refractivity contribution >= 4 is 58.3 Å². The molecular weight excluding hydrogens is 517 g/mol. The number of halogens is 2. The Balaban J connectivity index is 0.000000248. The Morgan fingerprint density at radius 2 is 1.23 bits per heavy atom. The van der Waals surface area contributed by atoms with Crippen LogP contribution in [-0.2, 0) is 28.4 Å². The fourth-order valence-corrected chi connectivity index (χ4v) is 3.94. The summed E-state index contributed by atoms with van der Waals surface area (Å²) in [6, 6.07) is 12.3. The predicted molar refractivity (Wildman–Crippen MR) is 121 cm³/mol. The molecule has 12 heteroatoms. The van der Waals surface area contributed by atoms with Crippen LogP contribution in [-0.4, -0.2) is 35.2 Å². The average molecular weight is 539 g/mol. The Morgan fingerprint density at radius 3 is 1.60 bits per heavy atom. The largest absolute Gasteiger partial charge is 0.494 e. The fourth-order valence-electron chi connectivity index (χ4n) is 2.39. The Bertz CT molecular complexity index is 1090. The number of primary sulfonamides is 1. The molecule has 0 atom stereocenters. The van der Waals surface area contributed by atoms with Gasteiger partial charge >= 0.3 is 7.12 Å². The summed E-state index contributed by atoms with van der Waals surface area (Å²) in [4.78, 5) is 0.190. The van der Waals surface area contributed by atoms with Gasteiger partial charge in [-0.25, -0.2) is 22.0 Å². The second kappa shape index (κ2) is 8.89. The summed E-state index contributed by atoms with van der Waals surface area (Å²) in [6.07, 6.45) is 0. The number of hydrogen-bond acceptors (Lipinski definition) is 6. The molecule has 0 spiro atoms. The van der Waals surface area contributed by atoms with Crippen molar-refractivity contribution in [3.05, 3.63) is 53.0 Å². The van der Waals surface area contributed by atoms with Gasteiger partial charge in [0.25, 0.3) is 9.05 Å². The van der Waals surface area contributed by atoms with E-state index in [9.17, 15) is 16.8 Å². The monoisotopic (exact) mass is 537 g/mol. The minimum atomic E-state index is -3.67. The summed E-state index contributed by atoms with van der Waals surface area (Å²) in [5.74, 6) is 0. The number of benzene rings is 2. The van der Waals surface area contributed by atoms with Crippen LogP contribution in [0.5, 0.6) is 0 Å². The lowest BCUT2D eigenvalue weighted by Gasteiger charge is -2.32. The van der Waals surface area contributed by atoms with E-state index in [1.165, 1.54) is 24.3 Å². The lowest BCUT2D eigenvalue weighted by molar-refractivity contribution is 0.00578. The summed E-state index contributed by atoms with van der Waals surface area (Å²) in [7, 11) is -2.67. The van der Waals surface area contributed by atoms with Crippen LogP contribution in [0.25, 0.3) is 0 Å². The van der Waals surface area contributed by atoms with Crippen molar-refractivity contribution in [3.63, 3.8) is 0 Å². The molecule has 0 aliphatic carbocycles. The maximum Gasteiger partial charge on any atom is 0.494 e. The molecular formula is C18H22BBrClNO6S2. The molecule has 2 N–H and O–H groups in total. The van der Waals surface area contributed by atoms with Crippen LogP contribution in [0.4, 0.5) is 0 Å². The second-order valence-electron chi connectivity index (χ2n) is 7.59. The Labute approximate surface area is 190 Å². The molecule has 1 heterocycles. The van der Waals surface area contributed by atoms with Crippen molar-refractivity contribution < 1.29 is 26.1 Å². The van der Waals surface area contributed by atoms with Gasteiger partial charge in [-0.3, -0.25) is 0 Å². The molecule has 30 heavy (non-hydrogen) atoms. The van der Waals surface area contributed by atoms with E-state index in [0.29, 0.717) is 0 Å². The van der Waals surface area contributed by atoms with Crippen LogP contribution >= 0.6 is 26.6 Å². The third kappa shape index (κ3) is 6.29. The zero-order valence-electron chi connectivity index (χ0n) is 16.8. The number of sulfonamides is 1. The lowest BCUT2D eigenvalue weighted by Crippen LogP contribution is -2.41. The second-order valence-corrected chi connectivity index (χ2v) is 12.6. The molecule has 2 aromatic carbocycles. The van der Waals surface area contributed by atoms with Gasteiger partial charge < -0.3 is 9.31 Å². The molecule has 3 rings (SSSR count). The van der Waals surface area contributed by atoms with Crippen molar-refractivity contribution in [1.29, 1.82) is 0 Å². The van der Waals surface area contributed by atoms with Crippen LogP contribution in [0.15, 0.2) is 62.8 Å². The standard InChI is InChI=1S/C12H18BNO4S.C6H4BrClO2S/c1-11(2)12(3,4)18-13(17-11)9-5-7-10(8-6-9)19(14,15)16;7-5-1-3-6(4-2-5)11(8,9)10/h5-8H,1-4H3,(H2,14,15,16);1-4H. The molecule has 0 unspecified atom stereocenters. The minimum absolute atomic E-state index is 0.0766. The van der Waals surface area contributed by atoms with Crippen LogP contribution in [0.2, 0.25) is 0 Å². The highest BCUT2D eigenvalue weighted by Crippen LogP contribution is 2.36. The van der Waals surface area contributed by atoms with Crippen LogP contribution in [0, 0.1) is 0 Å². The third-order valence-corrected chi connectivity index (χ3v) is 7.66. The van der Waals surface area contributed by atoms with E-state index in [2.05, 4.69) is 15.9 Å². The van der Waals surface area contributed by atoms with Gasteiger partial charge in [-0.05, 0) is 69.6 Å². The van der Waals surface area contributed by atoms with Crippen molar-refractivity contribution in [3.8, 4) is 0 Å². The molecule has 0 amide bonds. The molecule has 1 aliphatic rings. The maximum absolute atomic E-state index is 11.2. The minimum Gasteiger partial charge on any atom is -0.399 e. The van der Waals surface area contributed by atoms with E-state index in [4.69, 9.17) is 25.1 Å². The molecule has 7 nitrogen and oxygen atoms in total. The highest BCUT2D eigenvalue weighted by Gasteiger charge is 2.51. The number of hydrogen-bond donors (Lipinski definition) is 1. The molecule has 0 saturated carbocycles. The molecule has 1 fully saturated rings. The Kier molecular flexibility index (Phi) is 7.50. The van der Waals surface area contributed by atoms with Crippen molar-refractivity contribution in [2.75, 3.05) is 0 Å². The molecule has 0 radical (unpaired) electrons. The van der Waals surface area contributed by atoms with E-state index < -0.39 is 37.4 Å². The van der Waals surface area contributed by atoms with Gasteiger partial charge in [-0.15, -0.1) is 0 Å². The number of rotatable bonds is 3. The van der Waals surface area contributed by atoms with E-state index in [0.717, 1.165) is 9.94 Å². The smallest absolute Gasteiger partial charge is 0.399 e. The van der Waals surface area contributed by atoms with E-state index >= 15 is 0 Å². The molecule has 0 aromatic heterocycles.